The summed E-state index contributed by atoms with van der Waals surface area (Å²) in [5.41, 5.74) is 2.02. The molecule has 0 amide bonds. The highest BCUT2D eigenvalue weighted by molar-refractivity contribution is 7.91. The smallest absolute Gasteiger partial charge is 0.254 e. The zero-order valence-electron chi connectivity index (χ0n) is 12.2. The van der Waals surface area contributed by atoms with Crippen LogP contribution in [-0.4, -0.2) is 44.0 Å². The predicted molar refractivity (Wildman–Crippen MR) is 86.2 cm³/mol. The Balaban J connectivity index is 1.78. The first-order chi connectivity index (χ1) is 10.6. The van der Waals surface area contributed by atoms with Gasteiger partial charge >= 0.3 is 0 Å². The number of morpholine rings is 1. The number of benzene rings is 1. The van der Waals surface area contributed by atoms with Crippen LogP contribution < -0.4 is 5.32 Å². The average molecular weight is 339 g/mol. The van der Waals surface area contributed by atoms with E-state index in [0.717, 1.165) is 22.6 Å². The maximum atomic E-state index is 12.5. The van der Waals surface area contributed by atoms with Crippen molar-refractivity contribution in [3.05, 3.63) is 36.0 Å². The average Bonchev–Trinajstić information content (AvgIpc) is 2.97. The number of nitrogens with one attached hydrogen (secondary N) is 1. The van der Waals surface area contributed by atoms with Crippen LogP contribution in [0.15, 0.2) is 34.7 Å². The molecule has 22 heavy (non-hydrogen) atoms. The van der Waals surface area contributed by atoms with E-state index in [9.17, 15) is 8.42 Å². The summed E-state index contributed by atoms with van der Waals surface area (Å²) in [5.74, 6) is 0. The molecule has 0 spiro atoms. The Bertz CT molecular complexity index is 752. The van der Waals surface area contributed by atoms with Crippen LogP contribution in [0.2, 0.25) is 0 Å². The molecule has 118 valence electrons. The Morgan fingerprint density at radius 3 is 2.82 bits per heavy atom. The van der Waals surface area contributed by atoms with Crippen LogP contribution in [0, 0.1) is 6.92 Å². The molecule has 0 bridgehead atoms. The van der Waals surface area contributed by atoms with Crippen molar-refractivity contribution in [3.63, 3.8) is 0 Å². The fourth-order valence-electron chi connectivity index (χ4n) is 2.20. The normalized spacial score (nSPS) is 16.6. The number of thiazole rings is 1. The second kappa shape index (κ2) is 6.33. The van der Waals surface area contributed by atoms with Gasteiger partial charge in [0.1, 0.15) is 0 Å². The lowest BCUT2D eigenvalue weighted by molar-refractivity contribution is 0.0731. The van der Waals surface area contributed by atoms with Gasteiger partial charge in [-0.25, -0.2) is 13.4 Å². The van der Waals surface area contributed by atoms with E-state index in [1.807, 2.05) is 31.2 Å². The molecule has 0 aliphatic carbocycles. The molecule has 1 aliphatic heterocycles. The number of hydrogen-bond acceptors (Lipinski definition) is 6. The molecule has 2 aromatic rings. The summed E-state index contributed by atoms with van der Waals surface area (Å²) in [4.78, 5) is 4.17. The second-order valence-corrected chi connectivity index (χ2v) is 8.19. The van der Waals surface area contributed by atoms with E-state index < -0.39 is 10.0 Å². The molecule has 2 heterocycles. The second-order valence-electron chi connectivity index (χ2n) is 5.00. The molecule has 1 saturated heterocycles. The van der Waals surface area contributed by atoms with E-state index in [0.29, 0.717) is 31.4 Å². The first kappa shape index (κ1) is 15.4. The highest BCUT2D eigenvalue weighted by Crippen LogP contribution is 2.28. The number of ether oxygens (including phenoxy) is 1. The Labute approximate surface area is 133 Å². The van der Waals surface area contributed by atoms with E-state index >= 15 is 0 Å². The van der Waals surface area contributed by atoms with E-state index in [1.165, 1.54) is 10.5 Å². The number of anilines is 2. The minimum Gasteiger partial charge on any atom is -0.379 e. The van der Waals surface area contributed by atoms with Crippen molar-refractivity contribution in [2.75, 3.05) is 31.6 Å². The van der Waals surface area contributed by atoms with Gasteiger partial charge in [0.15, 0.2) is 9.34 Å². The fraction of sp³-hybridized carbons (Fsp3) is 0.357. The van der Waals surface area contributed by atoms with Gasteiger partial charge in [0.25, 0.3) is 10.0 Å². The summed E-state index contributed by atoms with van der Waals surface area (Å²) in [6.07, 6.45) is 1.41. The van der Waals surface area contributed by atoms with Crippen molar-refractivity contribution in [2.24, 2.45) is 0 Å². The molecule has 1 aliphatic rings. The molecular weight excluding hydrogens is 322 g/mol. The van der Waals surface area contributed by atoms with E-state index in [4.69, 9.17) is 4.74 Å². The van der Waals surface area contributed by atoms with Crippen LogP contribution in [-0.2, 0) is 14.8 Å². The number of aryl methyl sites for hydroxylation is 1. The van der Waals surface area contributed by atoms with Gasteiger partial charge in [0.2, 0.25) is 0 Å². The summed E-state index contributed by atoms with van der Waals surface area (Å²) < 4.78 is 31.9. The van der Waals surface area contributed by atoms with Crippen molar-refractivity contribution in [1.82, 2.24) is 9.29 Å². The zero-order valence-corrected chi connectivity index (χ0v) is 13.8. The van der Waals surface area contributed by atoms with Gasteiger partial charge in [-0.1, -0.05) is 23.5 Å². The molecule has 0 unspecified atom stereocenters. The summed E-state index contributed by atoms with van der Waals surface area (Å²) in [5, 5.41) is 3.71. The van der Waals surface area contributed by atoms with Crippen molar-refractivity contribution in [2.45, 2.75) is 11.1 Å². The minimum absolute atomic E-state index is 0.254. The summed E-state index contributed by atoms with van der Waals surface area (Å²) in [6, 6.07) is 7.85. The van der Waals surface area contributed by atoms with Gasteiger partial charge in [-0.3, -0.25) is 0 Å². The minimum atomic E-state index is -3.47. The van der Waals surface area contributed by atoms with Crippen LogP contribution in [0.5, 0.6) is 0 Å². The molecule has 0 radical (unpaired) electrons. The van der Waals surface area contributed by atoms with E-state index in [2.05, 4.69) is 10.3 Å². The van der Waals surface area contributed by atoms with Crippen LogP contribution in [0.25, 0.3) is 0 Å². The highest BCUT2D eigenvalue weighted by atomic mass is 32.2. The fourth-order valence-corrected chi connectivity index (χ4v) is 4.81. The lowest BCUT2D eigenvalue weighted by atomic mass is 10.2. The maximum absolute atomic E-state index is 12.5. The lowest BCUT2D eigenvalue weighted by Crippen LogP contribution is -2.40. The largest absolute Gasteiger partial charge is 0.379 e. The van der Waals surface area contributed by atoms with E-state index in [1.54, 1.807) is 0 Å². The van der Waals surface area contributed by atoms with Crippen LogP contribution in [0.3, 0.4) is 0 Å². The van der Waals surface area contributed by atoms with Gasteiger partial charge in [-0.2, -0.15) is 4.31 Å². The first-order valence-electron chi connectivity index (χ1n) is 6.93. The predicted octanol–water partition coefficient (Wildman–Crippen LogP) is 2.22. The Morgan fingerprint density at radius 2 is 2.09 bits per heavy atom. The maximum Gasteiger partial charge on any atom is 0.254 e. The van der Waals surface area contributed by atoms with Crippen LogP contribution in [0.1, 0.15) is 5.56 Å². The standard InChI is InChI=1S/C14H17N3O3S2/c1-11-3-2-4-12(9-11)16-14-15-10-13(21-14)22(18,19)17-5-7-20-8-6-17/h2-4,9-10H,5-8H2,1H3,(H,15,16). The third-order valence-electron chi connectivity index (χ3n) is 3.32. The van der Waals surface area contributed by atoms with Gasteiger partial charge in [-0.05, 0) is 24.6 Å². The van der Waals surface area contributed by atoms with Crippen LogP contribution in [0.4, 0.5) is 10.8 Å². The molecular formula is C14H17N3O3S2. The van der Waals surface area contributed by atoms with Gasteiger partial charge in [0, 0.05) is 18.8 Å². The van der Waals surface area contributed by atoms with Crippen molar-refractivity contribution in [1.29, 1.82) is 0 Å². The summed E-state index contributed by atoms with van der Waals surface area (Å²) in [6.45, 7) is 3.65. The summed E-state index contributed by atoms with van der Waals surface area (Å²) >= 11 is 1.14. The van der Waals surface area contributed by atoms with Crippen molar-refractivity contribution in [3.8, 4) is 0 Å². The molecule has 1 aromatic carbocycles. The third kappa shape index (κ3) is 3.30. The zero-order chi connectivity index (χ0) is 15.6. The monoisotopic (exact) mass is 339 g/mol. The molecule has 3 rings (SSSR count). The Morgan fingerprint density at radius 1 is 1.32 bits per heavy atom. The number of nitrogens with zero attached hydrogens (tertiary/aromatic N) is 2. The number of sulfonamides is 1. The molecule has 0 saturated carbocycles. The molecule has 1 aromatic heterocycles. The summed E-state index contributed by atoms with van der Waals surface area (Å²) in [7, 11) is -3.47. The lowest BCUT2D eigenvalue weighted by Gasteiger charge is -2.25. The molecule has 8 heteroatoms. The molecule has 6 nitrogen and oxygen atoms in total. The van der Waals surface area contributed by atoms with Crippen molar-refractivity contribution >= 4 is 32.2 Å². The highest BCUT2D eigenvalue weighted by Gasteiger charge is 2.28. The van der Waals surface area contributed by atoms with Crippen LogP contribution >= 0.6 is 11.3 Å². The van der Waals surface area contributed by atoms with Crippen molar-refractivity contribution < 1.29 is 13.2 Å². The quantitative estimate of drug-likeness (QED) is 0.925. The van der Waals surface area contributed by atoms with Gasteiger partial charge in [-0.15, -0.1) is 0 Å². The third-order valence-corrected chi connectivity index (χ3v) is 6.57. The molecule has 1 N–H and O–H groups in total. The Hall–Kier alpha value is -1.48. The number of hydrogen-bond donors (Lipinski definition) is 1. The number of aromatic nitrogens is 1. The van der Waals surface area contributed by atoms with Gasteiger partial charge in [0.05, 0.1) is 19.4 Å². The molecule has 0 atom stereocenters. The van der Waals surface area contributed by atoms with E-state index in [-0.39, 0.29) is 4.21 Å². The first-order valence-corrected chi connectivity index (χ1v) is 9.19. The SMILES string of the molecule is Cc1cccc(Nc2ncc(S(=O)(=O)N3CCOCC3)s2)c1. The topological polar surface area (TPSA) is 71.5 Å². The number of rotatable bonds is 4. The Kier molecular flexibility index (Phi) is 4.44. The van der Waals surface area contributed by atoms with Gasteiger partial charge < -0.3 is 10.1 Å². The molecule has 1 fully saturated rings.